The highest BCUT2D eigenvalue weighted by Crippen LogP contribution is 2.31. The van der Waals surface area contributed by atoms with Gasteiger partial charge in [-0.05, 0) is 12.1 Å². The summed E-state index contributed by atoms with van der Waals surface area (Å²) in [4.78, 5) is 3.83. The van der Waals surface area contributed by atoms with Crippen LogP contribution in [0.15, 0.2) is 24.3 Å². The van der Waals surface area contributed by atoms with Gasteiger partial charge in [0.1, 0.15) is 11.3 Å². The summed E-state index contributed by atoms with van der Waals surface area (Å²) >= 11 is 11.4. The van der Waals surface area contributed by atoms with Gasteiger partial charge < -0.3 is 5.73 Å². The molecule has 0 bridgehead atoms. The van der Waals surface area contributed by atoms with Gasteiger partial charge in [-0.1, -0.05) is 23.2 Å². The standard InChI is InChI=1S/C13H6Cl2F3N3/c14-7-3-6(4-8(15)11(7)18)21-10-2-5(16)1-9(17)12(10)20-13(21)19/h1-4H,(H2,19,20). The van der Waals surface area contributed by atoms with E-state index in [4.69, 9.17) is 28.9 Å². The molecule has 8 heteroatoms. The summed E-state index contributed by atoms with van der Waals surface area (Å²) in [5.41, 5.74) is 5.95. The Balaban J connectivity index is 2.37. The Hall–Kier alpha value is -1.92. The molecule has 0 spiro atoms. The van der Waals surface area contributed by atoms with Crippen molar-refractivity contribution in [2.24, 2.45) is 0 Å². The Morgan fingerprint density at radius 3 is 2.24 bits per heavy atom. The van der Waals surface area contributed by atoms with Crippen molar-refractivity contribution in [1.82, 2.24) is 9.55 Å². The third-order valence-corrected chi connectivity index (χ3v) is 3.48. The molecule has 0 unspecified atom stereocenters. The van der Waals surface area contributed by atoms with Crippen LogP contribution in [0.2, 0.25) is 10.0 Å². The molecule has 0 fully saturated rings. The fourth-order valence-corrected chi connectivity index (χ4v) is 2.54. The average Bonchev–Trinajstić information content (AvgIpc) is 2.72. The van der Waals surface area contributed by atoms with Gasteiger partial charge in [0.2, 0.25) is 5.95 Å². The number of hydrogen-bond donors (Lipinski definition) is 1. The molecule has 21 heavy (non-hydrogen) atoms. The van der Waals surface area contributed by atoms with Gasteiger partial charge in [0.05, 0.1) is 21.2 Å². The monoisotopic (exact) mass is 331 g/mol. The first-order chi connectivity index (χ1) is 9.88. The summed E-state index contributed by atoms with van der Waals surface area (Å²) in [5.74, 6) is -2.54. The maximum Gasteiger partial charge on any atom is 0.206 e. The minimum absolute atomic E-state index is 0.0868. The molecule has 0 aliphatic rings. The smallest absolute Gasteiger partial charge is 0.206 e. The molecule has 3 nitrogen and oxygen atoms in total. The first-order valence-corrected chi connectivity index (χ1v) is 6.42. The molecule has 0 atom stereocenters. The minimum Gasteiger partial charge on any atom is -0.369 e. The molecule has 0 saturated heterocycles. The summed E-state index contributed by atoms with van der Waals surface area (Å²) in [6, 6.07) is 4.24. The van der Waals surface area contributed by atoms with E-state index < -0.39 is 17.5 Å². The van der Waals surface area contributed by atoms with E-state index in [0.29, 0.717) is 6.07 Å². The third-order valence-electron chi connectivity index (χ3n) is 2.93. The fraction of sp³-hybridized carbons (Fsp3) is 0. The van der Waals surface area contributed by atoms with Crippen molar-refractivity contribution in [3.63, 3.8) is 0 Å². The Morgan fingerprint density at radius 2 is 1.62 bits per heavy atom. The van der Waals surface area contributed by atoms with Crippen LogP contribution in [-0.4, -0.2) is 9.55 Å². The van der Waals surface area contributed by atoms with E-state index in [1.165, 1.54) is 16.7 Å². The van der Waals surface area contributed by atoms with Crippen LogP contribution in [-0.2, 0) is 0 Å². The van der Waals surface area contributed by atoms with E-state index in [9.17, 15) is 13.2 Å². The predicted octanol–water partition coefficient (Wildman–Crippen LogP) is 4.33. The van der Waals surface area contributed by atoms with Crippen LogP contribution in [0.25, 0.3) is 16.7 Å². The number of imidazole rings is 1. The van der Waals surface area contributed by atoms with Crippen molar-refractivity contribution in [3.8, 4) is 5.69 Å². The summed E-state index contributed by atoms with van der Waals surface area (Å²) < 4.78 is 41.8. The number of nitrogens with two attached hydrogens (primary N) is 1. The van der Waals surface area contributed by atoms with Crippen molar-refractivity contribution in [2.45, 2.75) is 0 Å². The average molecular weight is 332 g/mol. The molecular weight excluding hydrogens is 326 g/mol. The second-order valence-corrected chi connectivity index (χ2v) is 5.10. The van der Waals surface area contributed by atoms with E-state index in [-0.39, 0.29) is 32.7 Å². The molecule has 0 saturated carbocycles. The number of nitrogen functional groups attached to an aromatic ring is 1. The van der Waals surface area contributed by atoms with E-state index in [1.807, 2.05) is 0 Å². The van der Waals surface area contributed by atoms with Gasteiger partial charge in [-0.15, -0.1) is 0 Å². The Morgan fingerprint density at radius 1 is 1.00 bits per heavy atom. The van der Waals surface area contributed by atoms with Crippen LogP contribution >= 0.6 is 23.2 Å². The van der Waals surface area contributed by atoms with Crippen LogP contribution < -0.4 is 5.73 Å². The maximum atomic E-state index is 13.7. The van der Waals surface area contributed by atoms with E-state index >= 15 is 0 Å². The number of fused-ring (bicyclic) bond motifs is 1. The fourth-order valence-electron chi connectivity index (χ4n) is 2.06. The molecule has 0 aliphatic heterocycles. The van der Waals surface area contributed by atoms with Crippen LogP contribution in [0.1, 0.15) is 0 Å². The predicted molar refractivity (Wildman–Crippen MR) is 75.4 cm³/mol. The van der Waals surface area contributed by atoms with Crippen molar-refractivity contribution in [2.75, 3.05) is 5.73 Å². The van der Waals surface area contributed by atoms with Gasteiger partial charge in [-0.25, -0.2) is 18.2 Å². The quantitative estimate of drug-likeness (QED) is 0.674. The molecule has 2 N–H and O–H groups in total. The van der Waals surface area contributed by atoms with Crippen LogP contribution in [0.5, 0.6) is 0 Å². The Bertz CT molecular complexity index is 854. The highest BCUT2D eigenvalue weighted by Gasteiger charge is 2.17. The van der Waals surface area contributed by atoms with Gasteiger partial charge in [-0.2, -0.15) is 0 Å². The lowest BCUT2D eigenvalue weighted by molar-refractivity contribution is 0.590. The zero-order valence-corrected chi connectivity index (χ0v) is 11.7. The topological polar surface area (TPSA) is 43.8 Å². The van der Waals surface area contributed by atoms with Crippen LogP contribution in [0.3, 0.4) is 0 Å². The van der Waals surface area contributed by atoms with Crippen molar-refractivity contribution in [1.29, 1.82) is 0 Å². The molecular formula is C13H6Cl2F3N3. The van der Waals surface area contributed by atoms with Crippen molar-refractivity contribution < 1.29 is 13.2 Å². The number of benzene rings is 2. The minimum atomic E-state index is -0.852. The van der Waals surface area contributed by atoms with Crippen molar-refractivity contribution in [3.05, 3.63) is 51.8 Å². The number of nitrogens with zero attached hydrogens (tertiary/aromatic N) is 2. The number of halogens is 5. The SMILES string of the molecule is Nc1nc2c(F)cc(F)cc2n1-c1cc(Cl)c(F)c(Cl)c1. The Labute approximate surface area is 126 Å². The van der Waals surface area contributed by atoms with Gasteiger partial charge in [-0.3, -0.25) is 4.57 Å². The van der Waals surface area contributed by atoms with Gasteiger partial charge in [0.15, 0.2) is 11.6 Å². The second-order valence-electron chi connectivity index (χ2n) is 4.28. The van der Waals surface area contributed by atoms with Gasteiger partial charge in [0, 0.05) is 12.1 Å². The zero-order valence-electron chi connectivity index (χ0n) is 10.2. The largest absolute Gasteiger partial charge is 0.369 e. The van der Waals surface area contributed by atoms with Crippen molar-refractivity contribution >= 4 is 40.2 Å². The summed E-state index contributed by atoms with van der Waals surface area (Å²) in [7, 11) is 0. The molecule has 0 aliphatic carbocycles. The molecule has 0 radical (unpaired) electrons. The summed E-state index contributed by atoms with van der Waals surface area (Å²) in [5, 5.41) is -0.480. The van der Waals surface area contributed by atoms with Crippen LogP contribution in [0.4, 0.5) is 19.1 Å². The Kier molecular flexibility index (Phi) is 3.22. The summed E-state index contributed by atoms with van der Waals surface area (Å²) in [6.07, 6.45) is 0. The first-order valence-electron chi connectivity index (χ1n) is 5.66. The molecule has 3 rings (SSSR count). The number of rotatable bonds is 1. The summed E-state index contributed by atoms with van der Waals surface area (Å²) in [6.45, 7) is 0. The molecule has 0 amide bonds. The second kappa shape index (κ2) is 4.82. The lowest BCUT2D eigenvalue weighted by Gasteiger charge is -2.08. The third kappa shape index (κ3) is 2.20. The normalized spacial score (nSPS) is 11.3. The lowest BCUT2D eigenvalue weighted by atomic mass is 10.2. The van der Waals surface area contributed by atoms with Gasteiger partial charge in [0.25, 0.3) is 0 Å². The zero-order chi connectivity index (χ0) is 15.3. The first kappa shape index (κ1) is 14.0. The number of aromatic nitrogens is 2. The maximum absolute atomic E-state index is 13.7. The van der Waals surface area contributed by atoms with E-state index in [1.54, 1.807) is 0 Å². The van der Waals surface area contributed by atoms with E-state index in [2.05, 4.69) is 4.98 Å². The van der Waals surface area contributed by atoms with Gasteiger partial charge >= 0.3 is 0 Å². The number of anilines is 1. The highest BCUT2D eigenvalue weighted by molar-refractivity contribution is 6.35. The molecule has 2 aromatic carbocycles. The molecule has 3 aromatic rings. The van der Waals surface area contributed by atoms with Crippen LogP contribution in [0, 0.1) is 17.5 Å². The molecule has 1 aromatic heterocycles. The van der Waals surface area contributed by atoms with E-state index in [0.717, 1.165) is 6.07 Å². The lowest BCUT2D eigenvalue weighted by Crippen LogP contribution is -2.01. The molecule has 108 valence electrons. The number of hydrogen-bond acceptors (Lipinski definition) is 2. The molecule has 1 heterocycles. The highest BCUT2D eigenvalue weighted by atomic mass is 35.5.